The lowest BCUT2D eigenvalue weighted by Gasteiger charge is -2.32. The van der Waals surface area contributed by atoms with E-state index in [4.69, 9.17) is 9.15 Å². The minimum atomic E-state index is -0.702. The molecule has 0 radical (unpaired) electrons. The molecule has 6 nitrogen and oxygen atoms in total. The normalized spacial score (nSPS) is 21.5. The van der Waals surface area contributed by atoms with Gasteiger partial charge in [-0.25, -0.2) is 4.98 Å². The fourth-order valence-electron chi connectivity index (χ4n) is 3.28. The molecule has 1 saturated heterocycles. The molecule has 0 unspecified atom stereocenters. The first-order chi connectivity index (χ1) is 11.9. The number of hydrogen-bond acceptors (Lipinski definition) is 6. The molecule has 2 atom stereocenters. The Labute approximate surface area is 148 Å². The Balaban J connectivity index is 1.82. The van der Waals surface area contributed by atoms with E-state index in [0.29, 0.717) is 25.4 Å². The number of aliphatic hydroxyl groups is 2. The molecule has 1 aliphatic heterocycles. The highest BCUT2D eigenvalue weighted by atomic mass is 16.5. The molecule has 2 heterocycles. The molecule has 1 aliphatic rings. The second-order valence-corrected chi connectivity index (χ2v) is 6.75. The molecule has 2 N–H and O–H groups in total. The molecule has 0 amide bonds. The maximum Gasteiger partial charge on any atom is 0.226 e. The predicted molar refractivity (Wildman–Crippen MR) is 94.6 cm³/mol. The molecular weight excluding hydrogens is 320 g/mol. The zero-order chi connectivity index (χ0) is 18.1. The molecule has 25 heavy (non-hydrogen) atoms. The Bertz CT molecular complexity index is 756. The largest absolute Gasteiger partial charge is 0.496 e. The average Bonchev–Trinajstić information content (AvgIpc) is 2.94. The van der Waals surface area contributed by atoms with Gasteiger partial charge in [-0.3, -0.25) is 4.90 Å². The zero-order valence-electron chi connectivity index (χ0n) is 15.2. The first-order valence-electron chi connectivity index (χ1n) is 8.60. The Morgan fingerprint density at radius 1 is 1.20 bits per heavy atom. The number of ether oxygens (including phenoxy) is 1. The standard InChI is InChI=1S/C19H26N2O4/c1-11-12(2)18(24-4)6-5-14(11)19-20-15(13(3)25-19)9-21-8-7-16(22)17(23)10-21/h5-6,16-17,22-23H,7-10H2,1-4H3/t16-,17-/m1/s1. The monoisotopic (exact) mass is 346 g/mol. The van der Waals surface area contributed by atoms with Gasteiger partial charge >= 0.3 is 0 Å². The van der Waals surface area contributed by atoms with Gasteiger partial charge in [-0.2, -0.15) is 0 Å². The molecule has 0 aliphatic carbocycles. The van der Waals surface area contributed by atoms with Gasteiger partial charge in [0.15, 0.2) is 0 Å². The van der Waals surface area contributed by atoms with E-state index in [-0.39, 0.29) is 0 Å². The third-order valence-corrected chi connectivity index (χ3v) is 5.08. The number of benzene rings is 1. The Morgan fingerprint density at radius 2 is 1.96 bits per heavy atom. The number of aliphatic hydroxyl groups excluding tert-OH is 2. The van der Waals surface area contributed by atoms with Gasteiger partial charge in [0.1, 0.15) is 11.5 Å². The lowest BCUT2D eigenvalue weighted by Crippen LogP contribution is -2.46. The number of β-amino-alcohol motifs (C(OH)–C–C–N with tert-alkyl or cyclic N) is 1. The minimum absolute atomic E-state index is 0.448. The maximum atomic E-state index is 9.85. The number of likely N-dealkylation sites (tertiary alicyclic amines) is 1. The maximum absolute atomic E-state index is 9.85. The highest BCUT2D eigenvalue weighted by Gasteiger charge is 2.27. The topological polar surface area (TPSA) is 79.0 Å². The molecule has 1 aromatic heterocycles. The summed E-state index contributed by atoms with van der Waals surface area (Å²) < 4.78 is 11.3. The van der Waals surface area contributed by atoms with Crippen LogP contribution in [0.2, 0.25) is 0 Å². The van der Waals surface area contributed by atoms with Crippen LogP contribution in [0.4, 0.5) is 0 Å². The van der Waals surface area contributed by atoms with Crippen LogP contribution in [0.15, 0.2) is 16.5 Å². The van der Waals surface area contributed by atoms with Crippen LogP contribution in [-0.4, -0.2) is 52.5 Å². The summed E-state index contributed by atoms with van der Waals surface area (Å²) in [6, 6.07) is 3.90. The van der Waals surface area contributed by atoms with E-state index in [2.05, 4.69) is 9.88 Å². The summed E-state index contributed by atoms with van der Waals surface area (Å²) in [4.78, 5) is 6.78. The lowest BCUT2D eigenvalue weighted by atomic mass is 10.0. The number of piperidine rings is 1. The van der Waals surface area contributed by atoms with Gasteiger partial charge in [0.25, 0.3) is 0 Å². The van der Waals surface area contributed by atoms with Gasteiger partial charge in [0, 0.05) is 25.2 Å². The highest BCUT2D eigenvalue weighted by molar-refractivity contribution is 5.63. The Hall–Kier alpha value is -1.89. The van der Waals surface area contributed by atoms with E-state index >= 15 is 0 Å². The smallest absolute Gasteiger partial charge is 0.226 e. The summed E-state index contributed by atoms with van der Waals surface area (Å²) in [5.74, 6) is 2.24. The van der Waals surface area contributed by atoms with Crippen LogP contribution in [-0.2, 0) is 6.54 Å². The zero-order valence-corrected chi connectivity index (χ0v) is 15.2. The minimum Gasteiger partial charge on any atom is -0.496 e. The molecule has 1 fully saturated rings. The summed E-state index contributed by atoms with van der Waals surface area (Å²) in [6.07, 6.45) is -0.760. The number of hydrogen-bond donors (Lipinski definition) is 2. The van der Waals surface area contributed by atoms with E-state index in [0.717, 1.165) is 40.4 Å². The predicted octanol–water partition coefficient (Wildman–Crippen LogP) is 2.20. The van der Waals surface area contributed by atoms with Crippen molar-refractivity contribution < 1.29 is 19.4 Å². The quantitative estimate of drug-likeness (QED) is 0.884. The van der Waals surface area contributed by atoms with Crippen molar-refractivity contribution in [3.8, 4) is 17.2 Å². The van der Waals surface area contributed by atoms with Crippen molar-refractivity contribution in [2.45, 2.75) is 45.9 Å². The summed E-state index contributed by atoms with van der Waals surface area (Å²) in [6.45, 7) is 7.76. The van der Waals surface area contributed by atoms with Crippen LogP contribution in [0, 0.1) is 20.8 Å². The Kier molecular flexibility index (Phi) is 5.13. The molecule has 6 heteroatoms. The van der Waals surface area contributed by atoms with E-state index in [1.165, 1.54) is 0 Å². The van der Waals surface area contributed by atoms with Crippen molar-refractivity contribution in [3.63, 3.8) is 0 Å². The number of nitrogens with zero attached hydrogens (tertiary/aromatic N) is 2. The summed E-state index contributed by atoms with van der Waals surface area (Å²) in [5.41, 5.74) is 3.99. The van der Waals surface area contributed by atoms with Gasteiger partial charge in [0.2, 0.25) is 5.89 Å². The summed E-state index contributed by atoms with van der Waals surface area (Å²) >= 11 is 0. The fourth-order valence-corrected chi connectivity index (χ4v) is 3.28. The number of aromatic nitrogens is 1. The van der Waals surface area contributed by atoms with Gasteiger partial charge in [-0.05, 0) is 50.5 Å². The SMILES string of the molecule is COc1ccc(-c2nc(CN3CC[C@@H](O)[C@H](O)C3)c(C)o2)c(C)c1C. The van der Waals surface area contributed by atoms with E-state index in [1.807, 2.05) is 32.9 Å². The van der Waals surface area contributed by atoms with Crippen LogP contribution in [0.25, 0.3) is 11.5 Å². The number of methoxy groups -OCH3 is 1. The van der Waals surface area contributed by atoms with Crippen molar-refractivity contribution in [3.05, 3.63) is 34.7 Å². The number of rotatable bonds is 4. The van der Waals surface area contributed by atoms with Gasteiger partial charge < -0.3 is 19.4 Å². The molecule has 136 valence electrons. The van der Waals surface area contributed by atoms with Gasteiger partial charge in [-0.1, -0.05) is 0 Å². The molecular formula is C19H26N2O4. The van der Waals surface area contributed by atoms with E-state index in [1.54, 1.807) is 7.11 Å². The van der Waals surface area contributed by atoms with Crippen LogP contribution >= 0.6 is 0 Å². The lowest BCUT2D eigenvalue weighted by molar-refractivity contribution is -0.0406. The summed E-state index contributed by atoms with van der Waals surface area (Å²) in [7, 11) is 1.67. The van der Waals surface area contributed by atoms with Gasteiger partial charge in [-0.15, -0.1) is 0 Å². The number of oxazole rings is 1. The van der Waals surface area contributed by atoms with Crippen LogP contribution < -0.4 is 4.74 Å². The second kappa shape index (κ2) is 7.15. The van der Waals surface area contributed by atoms with Crippen molar-refractivity contribution in [2.24, 2.45) is 0 Å². The molecule has 0 saturated carbocycles. The molecule has 1 aromatic carbocycles. The highest BCUT2D eigenvalue weighted by Crippen LogP contribution is 2.32. The second-order valence-electron chi connectivity index (χ2n) is 6.75. The summed E-state index contributed by atoms with van der Waals surface area (Å²) in [5, 5.41) is 19.5. The van der Waals surface area contributed by atoms with Crippen molar-refractivity contribution in [1.82, 2.24) is 9.88 Å². The fraction of sp³-hybridized carbons (Fsp3) is 0.526. The van der Waals surface area contributed by atoms with Crippen LogP contribution in [0.5, 0.6) is 5.75 Å². The Morgan fingerprint density at radius 3 is 2.64 bits per heavy atom. The molecule has 3 rings (SSSR count). The van der Waals surface area contributed by atoms with Gasteiger partial charge in [0.05, 0.1) is 25.0 Å². The van der Waals surface area contributed by atoms with Crippen LogP contribution in [0.1, 0.15) is 29.0 Å². The average molecular weight is 346 g/mol. The molecule has 2 aromatic rings. The molecule has 0 spiro atoms. The van der Waals surface area contributed by atoms with Crippen molar-refractivity contribution in [1.29, 1.82) is 0 Å². The van der Waals surface area contributed by atoms with Crippen molar-refractivity contribution in [2.75, 3.05) is 20.2 Å². The van der Waals surface area contributed by atoms with Crippen molar-refractivity contribution >= 4 is 0 Å². The van der Waals surface area contributed by atoms with Crippen LogP contribution in [0.3, 0.4) is 0 Å². The third-order valence-electron chi connectivity index (χ3n) is 5.08. The molecule has 0 bridgehead atoms. The van der Waals surface area contributed by atoms with E-state index in [9.17, 15) is 10.2 Å². The number of aryl methyl sites for hydroxylation is 1. The first-order valence-corrected chi connectivity index (χ1v) is 8.60. The third kappa shape index (κ3) is 3.56. The first kappa shape index (κ1) is 17.9. The van der Waals surface area contributed by atoms with E-state index < -0.39 is 12.2 Å².